The number of hydrogen-bond acceptors (Lipinski definition) is 1. The first-order valence-corrected chi connectivity index (χ1v) is 7.88. The average Bonchev–Trinajstić information content (AvgIpc) is 2.26. The first-order chi connectivity index (χ1) is 7.68. The van der Waals surface area contributed by atoms with Crippen LogP contribution < -0.4 is 0 Å². The maximum atomic E-state index is 4.61. The second kappa shape index (κ2) is 11.8. The number of thiol groups is 1. The molecule has 0 aliphatic carbocycles. The summed E-state index contributed by atoms with van der Waals surface area (Å²) < 4.78 is 0. The molecule has 0 saturated heterocycles. The Morgan fingerprint density at radius 3 is 1.62 bits per heavy atom. The molecule has 0 radical (unpaired) electrons. The van der Waals surface area contributed by atoms with Crippen LogP contribution in [0.3, 0.4) is 0 Å². The summed E-state index contributed by atoms with van der Waals surface area (Å²) in [5.74, 6) is 0.734. The van der Waals surface area contributed by atoms with E-state index in [4.69, 9.17) is 0 Å². The van der Waals surface area contributed by atoms with Gasteiger partial charge in [0.15, 0.2) is 0 Å². The molecule has 0 saturated carbocycles. The first-order valence-electron chi connectivity index (χ1n) is 7.36. The highest BCUT2D eigenvalue weighted by Crippen LogP contribution is 2.17. The van der Waals surface area contributed by atoms with Crippen molar-refractivity contribution in [3.63, 3.8) is 0 Å². The molecular formula is C15H32S. The van der Waals surface area contributed by atoms with E-state index in [0.717, 1.165) is 5.92 Å². The van der Waals surface area contributed by atoms with Gasteiger partial charge < -0.3 is 0 Å². The molecule has 1 atom stereocenters. The minimum Gasteiger partial charge on any atom is -0.176 e. The third kappa shape index (κ3) is 10.9. The summed E-state index contributed by atoms with van der Waals surface area (Å²) in [6.45, 7) is 6.82. The van der Waals surface area contributed by atoms with Crippen molar-refractivity contribution in [2.45, 2.75) is 90.2 Å². The molecule has 0 aromatic heterocycles. The molecule has 98 valence electrons. The van der Waals surface area contributed by atoms with Gasteiger partial charge in [-0.1, -0.05) is 78.6 Å². The van der Waals surface area contributed by atoms with E-state index in [-0.39, 0.29) is 0 Å². The van der Waals surface area contributed by atoms with Crippen LogP contribution in [0.2, 0.25) is 0 Å². The highest BCUT2D eigenvalue weighted by Gasteiger charge is 2.06. The van der Waals surface area contributed by atoms with Gasteiger partial charge in [0.25, 0.3) is 0 Å². The predicted octanol–water partition coefficient (Wildman–Crippen LogP) is 5.86. The Hall–Kier alpha value is 0.350. The molecule has 0 spiro atoms. The third-order valence-electron chi connectivity index (χ3n) is 3.37. The Kier molecular flexibility index (Phi) is 12.1. The van der Waals surface area contributed by atoms with Gasteiger partial charge in [0.1, 0.15) is 0 Å². The maximum Gasteiger partial charge on any atom is 0.00398 e. The second-order valence-electron chi connectivity index (χ2n) is 5.43. The van der Waals surface area contributed by atoms with Crippen LogP contribution in [0.1, 0.15) is 85.0 Å². The van der Waals surface area contributed by atoms with E-state index >= 15 is 0 Å². The lowest BCUT2D eigenvalue weighted by atomic mass is 10.0. The molecule has 0 heterocycles. The van der Waals surface area contributed by atoms with Crippen molar-refractivity contribution in [2.24, 2.45) is 5.92 Å². The highest BCUT2D eigenvalue weighted by atomic mass is 32.1. The van der Waals surface area contributed by atoms with Crippen LogP contribution >= 0.6 is 12.6 Å². The quantitative estimate of drug-likeness (QED) is 0.341. The fourth-order valence-corrected chi connectivity index (χ4v) is 2.18. The van der Waals surface area contributed by atoms with Crippen molar-refractivity contribution in [3.8, 4) is 0 Å². The summed E-state index contributed by atoms with van der Waals surface area (Å²) in [6, 6.07) is 0. The summed E-state index contributed by atoms with van der Waals surface area (Å²) >= 11 is 4.61. The first kappa shape index (κ1) is 16.4. The summed E-state index contributed by atoms with van der Waals surface area (Å²) in [5.41, 5.74) is 0. The van der Waals surface area contributed by atoms with E-state index in [0.29, 0.717) is 5.25 Å². The molecule has 0 aromatic carbocycles. The molecule has 0 rings (SSSR count). The smallest absolute Gasteiger partial charge is 0.00398 e. The van der Waals surface area contributed by atoms with Gasteiger partial charge in [-0.15, -0.1) is 0 Å². The molecule has 0 fully saturated rings. The van der Waals surface area contributed by atoms with Gasteiger partial charge in [-0.05, 0) is 12.3 Å². The van der Waals surface area contributed by atoms with Gasteiger partial charge in [-0.2, -0.15) is 12.6 Å². The van der Waals surface area contributed by atoms with E-state index in [1.807, 2.05) is 0 Å². The SMILES string of the molecule is CCCCCCCCCCCC(S)C(C)C. The Balaban J connectivity index is 3.04. The Labute approximate surface area is 109 Å². The summed E-state index contributed by atoms with van der Waals surface area (Å²) in [5, 5.41) is 0.615. The van der Waals surface area contributed by atoms with Crippen LogP contribution in [0.4, 0.5) is 0 Å². The van der Waals surface area contributed by atoms with Gasteiger partial charge >= 0.3 is 0 Å². The van der Waals surface area contributed by atoms with Crippen LogP contribution in [0.5, 0.6) is 0 Å². The van der Waals surface area contributed by atoms with Crippen molar-refractivity contribution < 1.29 is 0 Å². The molecule has 0 amide bonds. The lowest BCUT2D eigenvalue weighted by molar-refractivity contribution is 0.518. The number of rotatable bonds is 11. The normalized spacial score (nSPS) is 13.3. The molecule has 1 heteroatoms. The van der Waals surface area contributed by atoms with Crippen molar-refractivity contribution in [2.75, 3.05) is 0 Å². The molecule has 0 bridgehead atoms. The van der Waals surface area contributed by atoms with Crippen LogP contribution in [0.25, 0.3) is 0 Å². The molecule has 0 nitrogen and oxygen atoms in total. The van der Waals surface area contributed by atoms with E-state index in [1.165, 1.54) is 64.2 Å². The zero-order valence-electron chi connectivity index (χ0n) is 11.7. The van der Waals surface area contributed by atoms with Crippen molar-refractivity contribution in [3.05, 3.63) is 0 Å². The van der Waals surface area contributed by atoms with E-state index < -0.39 is 0 Å². The number of hydrogen-bond donors (Lipinski definition) is 1. The van der Waals surface area contributed by atoms with Gasteiger partial charge in [0, 0.05) is 5.25 Å². The standard InChI is InChI=1S/C15H32S/c1-4-5-6-7-8-9-10-11-12-13-15(16)14(2)3/h14-16H,4-13H2,1-3H3. The molecule has 0 N–H and O–H groups in total. The van der Waals surface area contributed by atoms with Crippen molar-refractivity contribution in [1.82, 2.24) is 0 Å². The van der Waals surface area contributed by atoms with Gasteiger partial charge in [0.2, 0.25) is 0 Å². The minimum atomic E-state index is 0.615. The van der Waals surface area contributed by atoms with Gasteiger partial charge in [0.05, 0.1) is 0 Å². The summed E-state index contributed by atoms with van der Waals surface area (Å²) in [4.78, 5) is 0. The maximum absolute atomic E-state index is 4.61. The lowest BCUT2D eigenvalue weighted by Crippen LogP contribution is -2.07. The zero-order valence-corrected chi connectivity index (χ0v) is 12.6. The van der Waals surface area contributed by atoms with Crippen LogP contribution in [0.15, 0.2) is 0 Å². The lowest BCUT2D eigenvalue weighted by Gasteiger charge is -2.13. The van der Waals surface area contributed by atoms with Gasteiger partial charge in [-0.3, -0.25) is 0 Å². The largest absolute Gasteiger partial charge is 0.176 e. The molecule has 0 aromatic rings. The fourth-order valence-electron chi connectivity index (χ4n) is 2.00. The van der Waals surface area contributed by atoms with Crippen molar-refractivity contribution >= 4 is 12.6 Å². The third-order valence-corrected chi connectivity index (χ3v) is 4.23. The van der Waals surface area contributed by atoms with E-state index in [1.54, 1.807) is 0 Å². The van der Waals surface area contributed by atoms with Crippen LogP contribution in [-0.2, 0) is 0 Å². The Morgan fingerprint density at radius 2 is 1.19 bits per heavy atom. The van der Waals surface area contributed by atoms with Gasteiger partial charge in [-0.25, -0.2) is 0 Å². The van der Waals surface area contributed by atoms with E-state index in [2.05, 4.69) is 33.4 Å². The molecular weight excluding hydrogens is 212 g/mol. The Morgan fingerprint density at radius 1 is 0.750 bits per heavy atom. The summed E-state index contributed by atoms with van der Waals surface area (Å²) in [6.07, 6.45) is 14.1. The Bertz CT molecular complexity index is 131. The number of unbranched alkanes of at least 4 members (excludes halogenated alkanes) is 8. The molecule has 1 unspecified atom stereocenters. The zero-order chi connectivity index (χ0) is 12.2. The second-order valence-corrected chi connectivity index (χ2v) is 6.09. The highest BCUT2D eigenvalue weighted by molar-refractivity contribution is 7.81. The summed E-state index contributed by atoms with van der Waals surface area (Å²) in [7, 11) is 0. The van der Waals surface area contributed by atoms with Crippen LogP contribution in [-0.4, -0.2) is 5.25 Å². The van der Waals surface area contributed by atoms with Crippen LogP contribution in [0, 0.1) is 5.92 Å². The minimum absolute atomic E-state index is 0.615. The van der Waals surface area contributed by atoms with Crippen molar-refractivity contribution in [1.29, 1.82) is 0 Å². The topological polar surface area (TPSA) is 0 Å². The average molecular weight is 244 g/mol. The monoisotopic (exact) mass is 244 g/mol. The fraction of sp³-hybridized carbons (Fsp3) is 1.00. The predicted molar refractivity (Wildman–Crippen MR) is 79.5 cm³/mol. The molecule has 0 aliphatic rings. The van der Waals surface area contributed by atoms with E-state index in [9.17, 15) is 0 Å². The molecule has 16 heavy (non-hydrogen) atoms. The molecule has 0 aliphatic heterocycles.